The van der Waals surface area contributed by atoms with Crippen LogP contribution in [0.5, 0.6) is 0 Å². The first-order valence-corrected chi connectivity index (χ1v) is 8.29. The topological polar surface area (TPSA) is 32.3 Å². The Kier molecular flexibility index (Phi) is 4.18. The molecule has 1 aromatic rings. The van der Waals surface area contributed by atoms with Crippen molar-refractivity contribution in [2.24, 2.45) is 11.8 Å². The van der Waals surface area contributed by atoms with Gasteiger partial charge < -0.3 is 10.2 Å². The first kappa shape index (κ1) is 14.4. The molecule has 0 aromatic heterocycles. The Balaban J connectivity index is 1.70. The Morgan fingerprint density at radius 1 is 1.14 bits per heavy atom. The van der Waals surface area contributed by atoms with Gasteiger partial charge in [-0.05, 0) is 55.7 Å². The molecule has 114 valence electrons. The highest BCUT2D eigenvalue weighted by atomic mass is 16.2. The summed E-state index contributed by atoms with van der Waals surface area (Å²) in [4.78, 5) is 13.8. The van der Waals surface area contributed by atoms with Crippen LogP contribution in [0.1, 0.15) is 46.0 Å². The molecule has 2 fully saturated rings. The molecule has 3 nitrogen and oxygen atoms in total. The van der Waals surface area contributed by atoms with Gasteiger partial charge in [0.15, 0.2) is 0 Å². The molecule has 1 aliphatic carbocycles. The van der Waals surface area contributed by atoms with Gasteiger partial charge in [-0.1, -0.05) is 19.9 Å². The molecule has 1 N–H and O–H groups in total. The van der Waals surface area contributed by atoms with E-state index in [1.165, 1.54) is 19.3 Å². The molecule has 3 heteroatoms. The van der Waals surface area contributed by atoms with Crippen LogP contribution in [0.15, 0.2) is 24.3 Å². The first-order valence-electron chi connectivity index (χ1n) is 8.29. The summed E-state index contributed by atoms with van der Waals surface area (Å²) in [6.45, 7) is 5.56. The number of nitrogens with one attached hydrogen (secondary N) is 1. The van der Waals surface area contributed by atoms with E-state index < -0.39 is 0 Å². The Labute approximate surface area is 127 Å². The fourth-order valence-electron chi connectivity index (χ4n) is 3.99. The Bertz CT molecular complexity index is 504. The maximum absolute atomic E-state index is 11.9. The van der Waals surface area contributed by atoms with Crippen LogP contribution in [0.25, 0.3) is 0 Å². The zero-order valence-electron chi connectivity index (χ0n) is 13.1. The van der Waals surface area contributed by atoms with Crippen molar-refractivity contribution in [2.45, 2.75) is 52.0 Å². The van der Waals surface area contributed by atoms with Gasteiger partial charge in [0.1, 0.15) is 0 Å². The van der Waals surface area contributed by atoms with Crippen molar-refractivity contribution < 1.29 is 4.79 Å². The van der Waals surface area contributed by atoms with E-state index in [0.29, 0.717) is 12.5 Å². The number of nitrogens with zero attached hydrogens (tertiary/aromatic N) is 1. The summed E-state index contributed by atoms with van der Waals surface area (Å²) in [5.74, 6) is 1.86. The molecule has 21 heavy (non-hydrogen) atoms. The molecule has 1 heterocycles. The van der Waals surface area contributed by atoms with Crippen molar-refractivity contribution >= 4 is 17.3 Å². The summed E-state index contributed by atoms with van der Waals surface area (Å²) in [6, 6.07) is 8.91. The van der Waals surface area contributed by atoms with Gasteiger partial charge in [-0.3, -0.25) is 4.79 Å². The lowest BCUT2D eigenvalue weighted by Gasteiger charge is -2.32. The standard InChI is InChI=1S/C18H26N2O/c1-13-9-14(2)11-16(10-13)19-15-5-3-6-17(12-15)20-8-4-7-18(20)21/h3,5-6,12-14,16,19H,4,7-11H2,1-2H3. The van der Waals surface area contributed by atoms with Crippen molar-refractivity contribution in [3.63, 3.8) is 0 Å². The summed E-state index contributed by atoms with van der Waals surface area (Å²) >= 11 is 0. The number of amides is 1. The van der Waals surface area contributed by atoms with E-state index in [1.54, 1.807) is 0 Å². The molecule has 1 aromatic carbocycles. The second kappa shape index (κ2) is 6.08. The highest BCUT2D eigenvalue weighted by Gasteiger charge is 2.25. The Morgan fingerprint density at radius 2 is 1.90 bits per heavy atom. The summed E-state index contributed by atoms with van der Waals surface area (Å²) in [5.41, 5.74) is 2.19. The number of carbonyl (C=O) groups is 1. The third-order valence-corrected chi connectivity index (χ3v) is 4.78. The van der Waals surface area contributed by atoms with Crippen molar-refractivity contribution in [2.75, 3.05) is 16.8 Å². The van der Waals surface area contributed by atoms with Crippen molar-refractivity contribution in [1.29, 1.82) is 0 Å². The van der Waals surface area contributed by atoms with Crippen molar-refractivity contribution in [3.8, 4) is 0 Å². The lowest BCUT2D eigenvalue weighted by Crippen LogP contribution is -2.30. The van der Waals surface area contributed by atoms with E-state index in [0.717, 1.165) is 36.2 Å². The minimum Gasteiger partial charge on any atom is -0.382 e. The quantitative estimate of drug-likeness (QED) is 0.909. The van der Waals surface area contributed by atoms with Gasteiger partial charge in [0.2, 0.25) is 5.91 Å². The fraction of sp³-hybridized carbons (Fsp3) is 0.611. The van der Waals surface area contributed by atoms with E-state index in [2.05, 4.69) is 37.4 Å². The molecule has 2 aliphatic rings. The van der Waals surface area contributed by atoms with Crippen molar-refractivity contribution in [3.05, 3.63) is 24.3 Å². The zero-order chi connectivity index (χ0) is 14.8. The predicted octanol–water partition coefficient (Wildman–Crippen LogP) is 4.05. The molecule has 1 saturated heterocycles. The summed E-state index contributed by atoms with van der Waals surface area (Å²) in [7, 11) is 0. The average molecular weight is 286 g/mol. The van der Waals surface area contributed by atoms with Crippen molar-refractivity contribution in [1.82, 2.24) is 0 Å². The van der Waals surface area contributed by atoms with Crippen LogP contribution < -0.4 is 10.2 Å². The molecule has 0 bridgehead atoms. The summed E-state index contributed by atoms with van der Waals surface area (Å²) < 4.78 is 0. The number of anilines is 2. The van der Waals surface area contributed by atoms with Crippen LogP contribution in [0, 0.1) is 11.8 Å². The van der Waals surface area contributed by atoms with Gasteiger partial charge in [-0.15, -0.1) is 0 Å². The van der Waals surface area contributed by atoms with Gasteiger partial charge in [0, 0.05) is 30.4 Å². The predicted molar refractivity (Wildman–Crippen MR) is 87.6 cm³/mol. The second-order valence-corrected chi connectivity index (χ2v) is 6.96. The molecule has 1 saturated carbocycles. The third-order valence-electron chi connectivity index (χ3n) is 4.78. The highest BCUT2D eigenvalue weighted by Crippen LogP contribution is 2.31. The largest absolute Gasteiger partial charge is 0.382 e. The molecule has 3 rings (SSSR count). The van der Waals surface area contributed by atoms with E-state index >= 15 is 0 Å². The minimum atomic E-state index is 0.257. The molecule has 1 amide bonds. The van der Waals surface area contributed by atoms with Crippen LogP contribution in [-0.2, 0) is 4.79 Å². The summed E-state index contributed by atoms with van der Waals surface area (Å²) in [5, 5.41) is 3.68. The zero-order valence-corrected chi connectivity index (χ0v) is 13.1. The Morgan fingerprint density at radius 3 is 2.57 bits per heavy atom. The lowest BCUT2D eigenvalue weighted by atomic mass is 9.80. The van der Waals surface area contributed by atoms with Crippen LogP contribution in [0.2, 0.25) is 0 Å². The van der Waals surface area contributed by atoms with E-state index in [-0.39, 0.29) is 5.91 Å². The number of carbonyl (C=O) groups excluding carboxylic acids is 1. The van der Waals surface area contributed by atoms with Gasteiger partial charge in [0.05, 0.1) is 0 Å². The summed E-state index contributed by atoms with van der Waals surface area (Å²) in [6.07, 6.45) is 5.51. The van der Waals surface area contributed by atoms with Crippen LogP contribution in [-0.4, -0.2) is 18.5 Å². The average Bonchev–Trinajstić information content (AvgIpc) is 2.84. The fourth-order valence-corrected chi connectivity index (χ4v) is 3.99. The van der Waals surface area contributed by atoms with Gasteiger partial charge in [-0.25, -0.2) is 0 Å². The number of hydrogen-bond acceptors (Lipinski definition) is 2. The van der Waals surface area contributed by atoms with Gasteiger partial charge >= 0.3 is 0 Å². The first-order chi connectivity index (χ1) is 10.1. The molecule has 2 unspecified atom stereocenters. The molecule has 0 spiro atoms. The lowest BCUT2D eigenvalue weighted by molar-refractivity contribution is -0.117. The maximum atomic E-state index is 11.9. The van der Waals surface area contributed by atoms with Crippen LogP contribution >= 0.6 is 0 Å². The smallest absolute Gasteiger partial charge is 0.227 e. The molecular weight excluding hydrogens is 260 g/mol. The highest BCUT2D eigenvalue weighted by molar-refractivity contribution is 5.95. The normalized spacial score (nSPS) is 29.7. The molecular formula is C18H26N2O. The van der Waals surface area contributed by atoms with Gasteiger partial charge in [-0.2, -0.15) is 0 Å². The Hall–Kier alpha value is -1.51. The molecule has 0 radical (unpaired) electrons. The third kappa shape index (κ3) is 3.39. The van der Waals surface area contributed by atoms with E-state index in [4.69, 9.17) is 0 Å². The maximum Gasteiger partial charge on any atom is 0.227 e. The van der Waals surface area contributed by atoms with E-state index in [1.807, 2.05) is 11.0 Å². The monoisotopic (exact) mass is 286 g/mol. The van der Waals surface area contributed by atoms with Gasteiger partial charge in [0.25, 0.3) is 0 Å². The van der Waals surface area contributed by atoms with Crippen LogP contribution in [0.4, 0.5) is 11.4 Å². The second-order valence-electron chi connectivity index (χ2n) is 6.96. The van der Waals surface area contributed by atoms with E-state index in [9.17, 15) is 4.79 Å². The molecule has 2 atom stereocenters. The SMILES string of the molecule is CC1CC(C)CC(Nc2cccc(N3CCCC3=O)c2)C1. The minimum absolute atomic E-state index is 0.257. The van der Waals surface area contributed by atoms with Crippen LogP contribution in [0.3, 0.4) is 0 Å². The number of hydrogen-bond donors (Lipinski definition) is 1. The molecule has 1 aliphatic heterocycles. The number of benzene rings is 1. The number of rotatable bonds is 3.